The van der Waals surface area contributed by atoms with Crippen LogP contribution < -0.4 is 9.47 Å². The molecule has 5 nitrogen and oxygen atoms in total. The number of aliphatic hydroxyl groups excluding tert-OH is 1. The molecule has 0 spiro atoms. The van der Waals surface area contributed by atoms with Crippen molar-refractivity contribution in [3.8, 4) is 11.5 Å². The second-order valence-electron chi connectivity index (χ2n) is 3.25. The largest absolute Gasteiger partial charge is 0.493 e. The first kappa shape index (κ1) is 14.7. The van der Waals surface area contributed by atoms with E-state index in [1.54, 1.807) is 0 Å². The minimum Gasteiger partial charge on any atom is -0.493 e. The third-order valence-electron chi connectivity index (χ3n) is 2.30. The molecule has 100 valence electrons. The fourth-order valence-electron chi connectivity index (χ4n) is 1.38. The summed E-state index contributed by atoms with van der Waals surface area (Å²) >= 11 is 2.98. The minimum absolute atomic E-state index is 0.0395. The third-order valence-corrected chi connectivity index (χ3v) is 3.01. The van der Waals surface area contributed by atoms with E-state index in [0.29, 0.717) is 0 Å². The molecule has 0 amide bonds. The SMILES string of the molecule is COC(=O)C(O)c1cc(OC)c(OC)c(Br)c1F. The first-order chi connectivity index (χ1) is 8.47. The molecule has 0 aliphatic heterocycles. The Labute approximate surface area is 112 Å². The number of aliphatic hydroxyl groups is 1. The first-order valence-corrected chi connectivity index (χ1v) is 5.63. The molecule has 0 fully saturated rings. The highest BCUT2D eigenvalue weighted by atomic mass is 79.9. The molecular weight excluding hydrogens is 311 g/mol. The lowest BCUT2D eigenvalue weighted by molar-refractivity contribution is -0.150. The van der Waals surface area contributed by atoms with Gasteiger partial charge in [-0.15, -0.1) is 0 Å². The Hall–Kier alpha value is -1.34. The molecular formula is C11H12BrFO5. The van der Waals surface area contributed by atoms with Crippen molar-refractivity contribution in [2.45, 2.75) is 6.10 Å². The molecule has 0 saturated heterocycles. The second kappa shape index (κ2) is 6.01. The summed E-state index contributed by atoms with van der Waals surface area (Å²) in [5, 5.41) is 9.65. The highest BCUT2D eigenvalue weighted by Gasteiger charge is 2.27. The van der Waals surface area contributed by atoms with Crippen LogP contribution in [0.4, 0.5) is 4.39 Å². The molecule has 0 radical (unpaired) electrons. The normalized spacial score (nSPS) is 11.9. The number of carbonyl (C=O) groups excluding carboxylic acids is 1. The van der Waals surface area contributed by atoms with Gasteiger partial charge in [-0.1, -0.05) is 0 Å². The topological polar surface area (TPSA) is 65.0 Å². The zero-order valence-corrected chi connectivity index (χ0v) is 11.6. The Balaban J connectivity index is 3.38. The van der Waals surface area contributed by atoms with E-state index in [9.17, 15) is 14.3 Å². The Bertz CT molecular complexity index is 463. The number of hydrogen-bond donors (Lipinski definition) is 1. The molecule has 0 saturated carbocycles. The molecule has 0 aliphatic carbocycles. The van der Waals surface area contributed by atoms with Gasteiger partial charge >= 0.3 is 5.97 Å². The Kier molecular flexibility index (Phi) is 4.92. The van der Waals surface area contributed by atoms with Crippen LogP contribution in [0.25, 0.3) is 0 Å². The van der Waals surface area contributed by atoms with E-state index in [4.69, 9.17) is 9.47 Å². The molecule has 1 atom stereocenters. The number of halogens is 2. The van der Waals surface area contributed by atoms with Gasteiger partial charge in [-0.05, 0) is 22.0 Å². The Morgan fingerprint density at radius 2 is 2.00 bits per heavy atom. The van der Waals surface area contributed by atoms with Crippen LogP contribution in [0.5, 0.6) is 11.5 Å². The van der Waals surface area contributed by atoms with Gasteiger partial charge in [0.2, 0.25) is 0 Å². The van der Waals surface area contributed by atoms with Gasteiger partial charge in [-0.2, -0.15) is 0 Å². The van der Waals surface area contributed by atoms with Gasteiger partial charge in [-0.25, -0.2) is 9.18 Å². The molecule has 0 heterocycles. The lowest BCUT2D eigenvalue weighted by atomic mass is 10.1. The van der Waals surface area contributed by atoms with E-state index in [2.05, 4.69) is 20.7 Å². The van der Waals surface area contributed by atoms with Gasteiger partial charge in [0.15, 0.2) is 17.6 Å². The zero-order valence-electron chi connectivity index (χ0n) is 9.99. The number of ether oxygens (including phenoxy) is 3. The molecule has 1 aromatic rings. The number of esters is 1. The highest BCUT2D eigenvalue weighted by Crippen LogP contribution is 2.40. The van der Waals surface area contributed by atoms with E-state index in [1.165, 1.54) is 20.3 Å². The van der Waals surface area contributed by atoms with E-state index >= 15 is 0 Å². The molecule has 7 heteroatoms. The molecule has 0 aliphatic rings. The van der Waals surface area contributed by atoms with Crippen LogP contribution in [0.15, 0.2) is 10.5 Å². The number of benzene rings is 1. The van der Waals surface area contributed by atoms with Crippen molar-refractivity contribution in [3.63, 3.8) is 0 Å². The predicted octanol–water partition coefficient (Wildman–Crippen LogP) is 1.81. The van der Waals surface area contributed by atoms with Gasteiger partial charge in [0.1, 0.15) is 5.82 Å². The van der Waals surface area contributed by atoms with Crippen LogP contribution in [0.2, 0.25) is 0 Å². The van der Waals surface area contributed by atoms with E-state index in [0.717, 1.165) is 7.11 Å². The monoisotopic (exact) mass is 322 g/mol. The van der Waals surface area contributed by atoms with Crippen molar-refractivity contribution in [2.75, 3.05) is 21.3 Å². The molecule has 0 bridgehead atoms. The fraction of sp³-hybridized carbons (Fsp3) is 0.364. The van der Waals surface area contributed by atoms with Crippen molar-refractivity contribution in [2.24, 2.45) is 0 Å². The molecule has 1 N–H and O–H groups in total. The quantitative estimate of drug-likeness (QED) is 0.856. The predicted molar refractivity (Wildman–Crippen MR) is 64.2 cm³/mol. The number of rotatable bonds is 4. The molecule has 1 rings (SSSR count). The van der Waals surface area contributed by atoms with E-state index < -0.39 is 17.9 Å². The van der Waals surface area contributed by atoms with Gasteiger partial charge in [-0.3, -0.25) is 0 Å². The van der Waals surface area contributed by atoms with Crippen molar-refractivity contribution in [3.05, 3.63) is 21.9 Å². The van der Waals surface area contributed by atoms with Gasteiger partial charge in [0, 0.05) is 5.56 Å². The summed E-state index contributed by atoms with van der Waals surface area (Å²) in [6, 6.07) is 1.18. The van der Waals surface area contributed by atoms with Crippen LogP contribution in [0, 0.1) is 5.82 Å². The molecule has 1 aromatic carbocycles. The van der Waals surface area contributed by atoms with Crippen LogP contribution in [-0.4, -0.2) is 32.4 Å². The summed E-state index contributed by atoms with van der Waals surface area (Å²) in [5.41, 5.74) is -0.258. The standard InChI is InChI=1S/C11H12BrFO5/c1-16-6-4-5(9(14)11(15)18-3)8(13)7(12)10(6)17-2/h4,9,14H,1-3H3. The summed E-state index contributed by atoms with van der Waals surface area (Å²) < 4.78 is 28.2. The number of hydrogen-bond acceptors (Lipinski definition) is 5. The number of methoxy groups -OCH3 is 3. The summed E-state index contributed by atoms with van der Waals surface area (Å²) in [5.74, 6) is -1.46. The summed E-state index contributed by atoms with van der Waals surface area (Å²) in [6.07, 6.45) is -1.73. The summed E-state index contributed by atoms with van der Waals surface area (Å²) in [6.45, 7) is 0. The Morgan fingerprint density at radius 1 is 1.39 bits per heavy atom. The zero-order chi connectivity index (χ0) is 13.9. The maximum atomic E-state index is 14.0. The lowest BCUT2D eigenvalue weighted by Crippen LogP contribution is -2.15. The van der Waals surface area contributed by atoms with Gasteiger partial charge < -0.3 is 19.3 Å². The van der Waals surface area contributed by atoms with Crippen molar-refractivity contribution < 1.29 is 28.5 Å². The smallest absolute Gasteiger partial charge is 0.339 e. The van der Waals surface area contributed by atoms with Crippen molar-refractivity contribution in [1.29, 1.82) is 0 Å². The summed E-state index contributed by atoms with van der Waals surface area (Å²) in [4.78, 5) is 11.2. The van der Waals surface area contributed by atoms with E-state index in [-0.39, 0.29) is 21.5 Å². The second-order valence-corrected chi connectivity index (χ2v) is 4.05. The average Bonchev–Trinajstić information content (AvgIpc) is 2.39. The van der Waals surface area contributed by atoms with Crippen molar-refractivity contribution >= 4 is 21.9 Å². The van der Waals surface area contributed by atoms with Gasteiger partial charge in [0.05, 0.1) is 25.8 Å². The van der Waals surface area contributed by atoms with Gasteiger partial charge in [0.25, 0.3) is 0 Å². The first-order valence-electron chi connectivity index (χ1n) is 4.83. The maximum Gasteiger partial charge on any atom is 0.339 e. The highest BCUT2D eigenvalue weighted by molar-refractivity contribution is 9.10. The minimum atomic E-state index is -1.73. The van der Waals surface area contributed by atoms with Crippen LogP contribution in [0.1, 0.15) is 11.7 Å². The number of carbonyl (C=O) groups is 1. The van der Waals surface area contributed by atoms with Crippen molar-refractivity contribution in [1.82, 2.24) is 0 Å². The lowest BCUT2D eigenvalue weighted by Gasteiger charge is -2.15. The molecule has 1 unspecified atom stereocenters. The fourth-order valence-corrected chi connectivity index (χ4v) is 1.97. The third kappa shape index (κ3) is 2.56. The van der Waals surface area contributed by atoms with Crippen LogP contribution in [0.3, 0.4) is 0 Å². The summed E-state index contributed by atoms with van der Waals surface area (Å²) in [7, 11) is 3.80. The molecule has 18 heavy (non-hydrogen) atoms. The average molecular weight is 323 g/mol. The van der Waals surface area contributed by atoms with E-state index in [1.807, 2.05) is 0 Å². The maximum absolute atomic E-state index is 14.0. The molecule has 0 aromatic heterocycles. The van der Waals surface area contributed by atoms with Crippen LogP contribution >= 0.6 is 15.9 Å². The Morgan fingerprint density at radius 3 is 2.44 bits per heavy atom. The van der Waals surface area contributed by atoms with Crippen LogP contribution in [-0.2, 0) is 9.53 Å².